The molecule has 0 fully saturated rings. The SMILES string of the molecule is O=C1/C=C/CCCCCCC(=O)O1. The minimum atomic E-state index is -0.535. The van der Waals surface area contributed by atoms with Gasteiger partial charge in [0.1, 0.15) is 0 Å². The fourth-order valence-electron chi connectivity index (χ4n) is 1.26. The molecule has 13 heavy (non-hydrogen) atoms. The van der Waals surface area contributed by atoms with Crippen LogP contribution in [-0.4, -0.2) is 11.9 Å². The van der Waals surface area contributed by atoms with Gasteiger partial charge >= 0.3 is 11.9 Å². The summed E-state index contributed by atoms with van der Waals surface area (Å²) in [6, 6.07) is 0. The fourth-order valence-corrected chi connectivity index (χ4v) is 1.26. The van der Waals surface area contributed by atoms with Gasteiger partial charge in [0, 0.05) is 12.5 Å². The summed E-state index contributed by atoms with van der Waals surface area (Å²) in [7, 11) is 0. The first-order valence-electron chi connectivity index (χ1n) is 4.70. The summed E-state index contributed by atoms with van der Waals surface area (Å²) >= 11 is 0. The third kappa shape index (κ3) is 4.45. The Morgan fingerprint density at radius 1 is 1.08 bits per heavy atom. The van der Waals surface area contributed by atoms with Crippen molar-refractivity contribution in [3.8, 4) is 0 Å². The fraction of sp³-hybridized carbons (Fsp3) is 0.600. The molecule has 0 aromatic rings. The molecule has 0 aliphatic carbocycles. The Morgan fingerprint density at radius 3 is 2.69 bits per heavy atom. The number of hydrogen-bond acceptors (Lipinski definition) is 3. The molecule has 0 radical (unpaired) electrons. The molecule has 0 aromatic heterocycles. The van der Waals surface area contributed by atoms with Crippen molar-refractivity contribution in [2.75, 3.05) is 0 Å². The Kier molecular flexibility index (Phi) is 4.23. The van der Waals surface area contributed by atoms with Crippen molar-refractivity contribution in [3.63, 3.8) is 0 Å². The lowest BCUT2D eigenvalue weighted by molar-refractivity contribution is -0.156. The molecule has 0 atom stereocenters. The van der Waals surface area contributed by atoms with Gasteiger partial charge in [0.05, 0.1) is 0 Å². The molecule has 1 heterocycles. The maximum atomic E-state index is 10.9. The lowest BCUT2D eigenvalue weighted by Crippen LogP contribution is -2.09. The monoisotopic (exact) mass is 182 g/mol. The van der Waals surface area contributed by atoms with Gasteiger partial charge in [-0.1, -0.05) is 18.9 Å². The highest BCUT2D eigenvalue weighted by Gasteiger charge is 2.07. The largest absolute Gasteiger partial charge is 0.390 e. The summed E-state index contributed by atoms with van der Waals surface area (Å²) in [6.45, 7) is 0. The van der Waals surface area contributed by atoms with Crippen molar-refractivity contribution in [1.29, 1.82) is 0 Å². The average Bonchev–Trinajstić information content (AvgIpc) is 2.11. The van der Waals surface area contributed by atoms with Gasteiger partial charge in [-0.05, 0) is 19.3 Å². The van der Waals surface area contributed by atoms with Crippen LogP contribution in [0.3, 0.4) is 0 Å². The van der Waals surface area contributed by atoms with Gasteiger partial charge in [0.2, 0.25) is 0 Å². The predicted molar refractivity (Wildman–Crippen MR) is 47.9 cm³/mol. The van der Waals surface area contributed by atoms with Crippen LogP contribution in [0.25, 0.3) is 0 Å². The number of ether oxygens (including phenoxy) is 1. The van der Waals surface area contributed by atoms with E-state index >= 15 is 0 Å². The molecule has 0 saturated carbocycles. The van der Waals surface area contributed by atoms with Gasteiger partial charge in [-0.3, -0.25) is 4.79 Å². The molecule has 3 heteroatoms. The van der Waals surface area contributed by atoms with E-state index in [0.717, 1.165) is 32.1 Å². The van der Waals surface area contributed by atoms with Crippen LogP contribution in [0.5, 0.6) is 0 Å². The second-order valence-electron chi connectivity index (χ2n) is 3.15. The van der Waals surface area contributed by atoms with Crippen LogP contribution in [0.4, 0.5) is 0 Å². The molecular weight excluding hydrogens is 168 g/mol. The predicted octanol–water partition coefficient (Wildman–Crippen LogP) is 1.97. The van der Waals surface area contributed by atoms with Gasteiger partial charge in [0.15, 0.2) is 0 Å². The molecule has 0 unspecified atom stereocenters. The normalized spacial score (nSPS) is 23.1. The first-order valence-corrected chi connectivity index (χ1v) is 4.70. The molecule has 0 N–H and O–H groups in total. The quantitative estimate of drug-likeness (QED) is 0.425. The maximum Gasteiger partial charge on any atom is 0.338 e. The Hall–Kier alpha value is -1.12. The molecular formula is C10H14O3. The highest BCUT2D eigenvalue weighted by Crippen LogP contribution is 2.08. The molecule has 1 rings (SSSR count). The Labute approximate surface area is 77.8 Å². The van der Waals surface area contributed by atoms with Crippen LogP contribution in [0.1, 0.15) is 38.5 Å². The zero-order valence-electron chi connectivity index (χ0n) is 7.62. The van der Waals surface area contributed by atoms with Crippen LogP contribution in [-0.2, 0) is 14.3 Å². The van der Waals surface area contributed by atoms with E-state index in [-0.39, 0.29) is 0 Å². The highest BCUT2D eigenvalue weighted by atomic mass is 16.6. The number of rotatable bonds is 0. The highest BCUT2D eigenvalue weighted by molar-refractivity contribution is 5.91. The van der Waals surface area contributed by atoms with Gasteiger partial charge in [-0.15, -0.1) is 0 Å². The van der Waals surface area contributed by atoms with Gasteiger partial charge in [-0.25, -0.2) is 4.79 Å². The molecule has 0 amide bonds. The molecule has 3 nitrogen and oxygen atoms in total. The second kappa shape index (κ2) is 5.51. The maximum absolute atomic E-state index is 10.9. The lowest BCUT2D eigenvalue weighted by Gasteiger charge is -1.98. The zero-order valence-corrected chi connectivity index (χ0v) is 7.62. The smallest absolute Gasteiger partial charge is 0.338 e. The molecule has 0 bridgehead atoms. The number of cyclic esters (lactones) is 2. The first kappa shape index (κ1) is 9.96. The Balaban J connectivity index is 2.45. The number of hydrogen-bond donors (Lipinski definition) is 0. The van der Waals surface area contributed by atoms with Crippen molar-refractivity contribution in [1.82, 2.24) is 0 Å². The van der Waals surface area contributed by atoms with Crippen molar-refractivity contribution >= 4 is 11.9 Å². The first-order chi connectivity index (χ1) is 6.29. The van der Waals surface area contributed by atoms with E-state index in [1.165, 1.54) is 6.08 Å². The second-order valence-corrected chi connectivity index (χ2v) is 3.15. The van der Waals surface area contributed by atoms with Crippen LogP contribution in [0.15, 0.2) is 12.2 Å². The van der Waals surface area contributed by atoms with E-state index < -0.39 is 11.9 Å². The Bertz CT molecular complexity index is 218. The molecule has 0 aromatic carbocycles. The van der Waals surface area contributed by atoms with E-state index in [2.05, 4.69) is 4.74 Å². The van der Waals surface area contributed by atoms with Gasteiger partial charge in [0.25, 0.3) is 0 Å². The number of allylic oxidation sites excluding steroid dienone is 1. The summed E-state index contributed by atoms with van der Waals surface area (Å²) in [5.41, 5.74) is 0. The van der Waals surface area contributed by atoms with Gasteiger partial charge in [-0.2, -0.15) is 0 Å². The summed E-state index contributed by atoms with van der Waals surface area (Å²) in [4.78, 5) is 21.8. The summed E-state index contributed by atoms with van der Waals surface area (Å²) in [6.07, 6.45) is 8.42. The molecule has 0 saturated heterocycles. The third-order valence-electron chi connectivity index (χ3n) is 1.97. The molecule has 1 aliphatic heterocycles. The van der Waals surface area contributed by atoms with E-state index in [9.17, 15) is 9.59 Å². The van der Waals surface area contributed by atoms with Crippen molar-refractivity contribution < 1.29 is 14.3 Å². The van der Waals surface area contributed by atoms with Crippen LogP contribution in [0.2, 0.25) is 0 Å². The summed E-state index contributed by atoms with van der Waals surface area (Å²) < 4.78 is 4.52. The Morgan fingerprint density at radius 2 is 1.85 bits per heavy atom. The van der Waals surface area contributed by atoms with Crippen molar-refractivity contribution in [3.05, 3.63) is 12.2 Å². The van der Waals surface area contributed by atoms with Crippen LogP contribution < -0.4 is 0 Å². The van der Waals surface area contributed by atoms with Crippen LogP contribution >= 0.6 is 0 Å². The minimum Gasteiger partial charge on any atom is -0.390 e. The third-order valence-corrected chi connectivity index (χ3v) is 1.97. The van der Waals surface area contributed by atoms with Crippen LogP contribution in [0, 0.1) is 0 Å². The van der Waals surface area contributed by atoms with Gasteiger partial charge < -0.3 is 4.74 Å². The molecule has 72 valence electrons. The van der Waals surface area contributed by atoms with E-state index in [0.29, 0.717) is 6.42 Å². The number of esters is 2. The molecule has 1 aliphatic rings. The topological polar surface area (TPSA) is 43.4 Å². The van der Waals surface area contributed by atoms with Crippen molar-refractivity contribution in [2.24, 2.45) is 0 Å². The number of carbonyl (C=O) groups excluding carboxylic acids is 2. The zero-order chi connectivity index (χ0) is 9.52. The van der Waals surface area contributed by atoms with Crippen molar-refractivity contribution in [2.45, 2.75) is 38.5 Å². The number of carbonyl (C=O) groups is 2. The summed E-state index contributed by atoms with van der Waals surface area (Å²) in [5, 5.41) is 0. The summed E-state index contributed by atoms with van der Waals surface area (Å²) in [5.74, 6) is -0.941. The van der Waals surface area contributed by atoms with E-state index in [4.69, 9.17) is 0 Å². The average molecular weight is 182 g/mol. The standard InChI is InChI=1S/C10H14O3/c11-9-7-5-3-1-2-4-6-8-10(12)13-9/h5,7H,1-4,6,8H2/b7-5+. The lowest BCUT2D eigenvalue weighted by atomic mass is 10.1. The van der Waals surface area contributed by atoms with E-state index in [1.54, 1.807) is 6.08 Å². The molecule has 0 spiro atoms. The van der Waals surface area contributed by atoms with E-state index in [1.807, 2.05) is 0 Å². The minimum absolute atomic E-state index is 0.361.